The second-order valence-electron chi connectivity index (χ2n) is 8.12. The van der Waals surface area contributed by atoms with E-state index in [2.05, 4.69) is 20.1 Å². The van der Waals surface area contributed by atoms with Gasteiger partial charge in [-0.25, -0.2) is 13.1 Å². The Bertz CT molecular complexity index is 1040. The van der Waals surface area contributed by atoms with Gasteiger partial charge in [0.1, 0.15) is 11.2 Å². The first-order chi connectivity index (χ1) is 13.5. The van der Waals surface area contributed by atoms with Crippen molar-refractivity contribution in [1.29, 1.82) is 0 Å². The van der Waals surface area contributed by atoms with Gasteiger partial charge in [-0.1, -0.05) is 25.7 Å². The van der Waals surface area contributed by atoms with Crippen LogP contribution in [0.25, 0.3) is 5.69 Å². The number of nitrogens with one attached hydrogen (secondary N) is 2. The number of fused-ring (bicyclic) bond motifs is 3. The third-order valence-corrected chi connectivity index (χ3v) is 7.93. The van der Waals surface area contributed by atoms with Gasteiger partial charge in [0, 0.05) is 11.6 Å². The third kappa shape index (κ3) is 2.71. The van der Waals surface area contributed by atoms with Gasteiger partial charge in [-0.2, -0.15) is 14.8 Å². The molecule has 8 nitrogen and oxygen atoms in total. The minimum Gasteiger partial charge on any atom is -0.349 e. The zero-order valence-corrected chi connectivity index (χ0v) is 16.3. The Morgan fingerprint density at radius 1 is 1.18 bits per heavy atom. The first-order valence-electron chi connectivity index (χ1n) is 9.87. The van der Waals surface area contributed by atoms with Crippen molar-refractivity contribution in [3.63, 3.8) is 0 Å². The summed E-state index contributed by atoms with van der Waals surface area (Å²) in [5.74, 6) is -0.0596. The van der Waals surface area contributed by atoms with Gasteiger partial charge in [0.2, 0.25) is 5.95 Å². The van der Waals surface area contributed by atoms with Crippen LogP contribution < -0.4 is 10.0 Å². The molecule has 0 saturated heterocycles. The summed E-state index contributed by atoms with van der Waals surface area (Å²) < 4.78 is 29.0. The summed E-state index contributed by atoms with van der Waals surface area (Å²) in [4.78, 5) is 16.9. The number of nitrogens with zero attached hydrogens (tertiary/aromatic N) is 3. The molecule has 9 heteroatoms. The van der Waals surface area contributed by atoms with Crippen molar-refractivity contribution in [2.24, 2.45) is 5.41 Å². The van der Waals surface area contributed by atoms with Crippen LogP contribution in [0.5, 0.6) is 0 Å². The Hall–Kier alpha value is -2.42. The second-order valence-corrected chi connectivity index (χ2v) is 9.78. The van der Waals surface area contributed by atoms with Crippen LogP contribution in [0.1, 0.15) is 61.7 Å². The Morgan fingerprint density at radius 2 is 1.93 bits per heavy atom. The highest BCUT2D eigenvalue weighted by molar-refractivity contribution is 7.93. The van der Waals surface area contributed by atoms with E-state index in [4.69, 9.17) is 0 Å². The quantitative estimate of drug-likeness (QED) is 0.805. The van der Waals surface area contributed by atoms with Gasteiger partial charge in [0.25, 0.3) is 15.9 Å². The van der Waals surface area contributed by atoms with Gasteiger partial charge in [-0.05, 0) is 49.3 Å². The molecule has 1 aromatic carbocycles. The Kier molecular flexibility index (Phi) is 3.97. The average Bonchev–Trinajstić information content (AvgIpc) is 3.33. The van der Waals surface area contributed by atoms with E-state index in [1.54, 1.807) is 12.1 Å². The molecular weight excluding hydrogens is 378 g/mol. The zero-order chi connectivity index (χ0) is 19.4. The maximum absolute atomic E-state index is 13.0. The minimum absolute atomic E-state index is 0.0392. The van der Waals surface area contributed by atoms with Gasteiger partial charge in [-0.3, -0.25) is 4.79 Å². The molecule has 148 valence electrons. The molecule has 1 atom stereocenters. The van der Waals surface area contributed by atoms with Gasteiger partial charge >= 0.3 is 0 Å². The van der Waals surface area contributed by atoms with Gasteiger partial charge in [0.05, 0.1) is 5.69 Å². The SMILES string of the molecule is O=C(NC1CCCCC12CCCC2)c1ccc2c(c1)S(=O)(=O)Nc1ncnn1-2. The van der Waals surface area contributed by atoms with E-state index in [0.29, 0.717) is 11.3 Å². The van der Waals surface area contributed by atoms with Gasteiger partial charge in [0.15, 0.2) is 0 Å². The van der Waals surface area contributed by atoms with Crippen molar-refractivity contribution in [1.82, 2.24) is 20.1 Å². The van der Waals surface area contributed by atoms with Crippen LogP contribution in [0.15, 0.2) is 29.4 Å². The predicted octanol–water partition coefficient (Wildman–Crippen LogP) is 2.61. The molecule has 0 radical (unpaired) electrons. The summed E-state index contributed by atoms with van der Waals surface area (Å²) in [7, 11) is -3.79. The molecule has 5 rings (SSSR count). The minimum atomic E-state index is -3.79. The molecule has 2 N–H and O–H groups in total. The summed E-state index contributed by atoms with van der Waals surface area (Å²) in [5.41, 5.74) is 0.977. The molecule has 2 saturated carbocycles. The summed E-state index contributed by atoms with van der Waals surface area (Å²) >= 11 is 0. The van der Waals surface area contributed by atoms with E-state index in [9.17, 15) is 13.2 Å². The van der Waals surface area contributed by atoms with E-state index < -0.39 is 10.0 Å². The molecule has 2 fully saturated rings. The molecule has 1 amide bonds. The third-order valence-electron chi connectivity index (χ3n) is 6.57. The fourth-order valence-corrected chi connectivity index (χ4v) is 6.36. The number of hydrogen-bond donors (Lipinski definition) is 2. The summed E-state index contributed by atoms with van der Waals surface area (Å²) in [6.45, 7) is 0. The number of benzene rings is 1. The van der Waals surface area contributed by atoms with E-state index >= 15 is 0 Å². The topological polar surface area (TPSA) is 106 Å². The lowest BCUT2D eigenvalue weighted by Gasteiger charge is -2.42. The number of aromatic nitrogens is 3. The molecule has 1 spiro atoms. The number of sulfonamides is 1. The highest BCUT2D eigenvalue weighted by Gasteiger charge is 2.43. The van der Waals surface area contributed by atoms with Gasteiger partial charge in [-0.15, -0.1) is 0 Å². The lowest BCUT2D eigenvalue weighted by atomic mass is 9.69. The standard InChI is InChI=1S/C19H23N5O3S/c25-17(22-16-5-1-2-8-19(16)9-3-4-10-19)13-6-7-14-15(11-13)28(26,27)23-18-20-12-21-24(14)18/h6-7,11-12,16H,1-5,8-10H2,(H,22,25)(H,20,21,23). The maximum Gasteiger partial charge on any atom is 0.266 e. The fourth-order valence-electron chi connectivity index (χ4n) is 5.16. The lowest BCUT2D eigenvalue weighted by Crippen LogP contribution is -2.48. The van der Waals surface area contributed by atoms with Crippen LogP contribution in [0.4, 0.5) is 5.95 Å². The van der Waals surface area contributed by atoms with Crippen molar-refractivity contribution >= 4 is 21.9 Å². The van der Waals surface area contributed by atoms with E-state index in [1.165, 1.54) is 55.6 Å². The van der Waals surface area contributed by atoms with Gasteiger partial charge < -0.3 is 5.32 Å². The maximum atomic E-state index is 13.0. The first-order valence-corrected chi connectivity index (χ1v) is 11.4. The van der Waals surface area contributed by atoms with Crippen molar-refractivity contribution < 1.29 is 13.2 Å². The number of rotatable bonds is 2. The average molecular weight is 401 g/mol. The molecular formula is C19H23N5O3S. The van der Waals surface area contributed by atoms with Crippen LogP contribution in [0, 0.1) is 5.41 Å². The summed E-state index contributed by atoms with van der Waals surface area (Å²) in [5, 5.41) is 7.29. The number of amides is 1. The summed E-state index contributed by atoms with van der Waals surface area (Å²) in [6, 6.07) is 4.88. The van der Waals surface area contributed by atoms with Crippen molar-refractivity contribution in [2.45, 2.75) is 62.3 Å². The van der Waals surface area contributed by atoms with Crippen LogP contribution in [-0.2, 0) is 10.0 Å². The van der Waals surface area contributed by atoms with Crippen LogP contribution in [0.3, 0.4) is 0 Å². The normalized spacial score (nSPS) is 24.2. The zero-order valence-electron chi connectivity index (χ0n) is 15.5. The smallest absolute Gasteiger partial charge is 0.266 e. The number of carbonyl (C=O) groups is 1. The van der Waals surface area contributed by atoms with E-state index in [0.717, 1.165) is 12.8 Å². The number of anilines is 1. The largest absolute Gasteiger partial charge is 0.349 e. The van der Waals surface area contributed by atoms with Crippen LogP contribution in [0.2, 0.25) is 0 Å². The second kappa shape index (κ2) is 6.30. The molecule has 2 aromatic rings. The molecule has 2 heterocycles. The highest BCUT2D eigenvalue weighted by Crippen LogP contribution is 2.49. The van der Waals surface area contributed by atoms with Crippen LogP contribution in [-0.4, -0.2) is 35.1 Å². The Morgan fingerprint density at radius 3 is 2.71 bits per heavy atom. The first kappa shape index (κ1) is 17.7. The number of hydrogen-bond acceptors (Lipinski definition) is 5. The van der Waals surface area contributed by atoms with Crippen molar-refractivity contribution in [2.75, 3.05) is 4.72 Å². The van der Waals surface area contributed by atoms with E-state index in [1.807, 2.05) is 0 Å². The Labute approximate surface area is 163 Å². The molecule has 2 aliphatic carbocycles. The lowest BCUT2D eigenvalue weighted by molar-refractivity contribution is 0.0805. The molecule has 1 unspecified atom stereocenters. The predicted molar refractivity (Wildman–Crippen MR) is 103 cm³/mol. The van der Waals surface area contributed by atoms with Crippen molar-refractivity contribution in [3.8, 4) is 5.69 Å². The molecule has 1 aliphatic heterocycles. The highest BCUT2D eigenvalue weighted by atomic mass is 32.2. The summed E-state index contributed by atoms with van der Waals surface area (Å²) in [6.07, 6.45) is 10.6. The molecule has 0 bridgehead atoms. The molecule has 3 aliphatic rings. The van der Waals surface area contributed by atoms with Crippen molar-refractivity contribution in [3.05, 3.63) is 30.1 Å². The van der Waals surface area contributed by atoms with E-state index in [-0.39, 0.29) is 28.2 Å². The monoisotopic (exact) mass is 401 g/mol. The molecule has 1 aromatic heterocycles. The molecule has 28 heavy (non-hydrogen) atoms. The van der Waals surface area contributed by atoms with Crippen LogP contribution >= 0.6 is 0 Å². The fraction of sp³-hybridized carbons (Fsp3) is 0.526. The Balaban J connectivity index is 1.45. The number of carbonyl (C=O) groups excluding carboxylic acids is 1.